The fourth-order valence-corrected chi connectivity index (χ4v) is 3.32. The zero-order valence-corrected chi connectivity index (χ0v) is 16.5. The quantitative estimate of drug-likeness (QED) is 0.407. The molecular weight excluding hydrogens is 370 g/mol. The standard InChI is InChI=1S/C23H23NO5/c1-16(25)19-8-5-6-10-22(19)28-13-14-29-23(27)15-21-20-9-4-3-7-18(20)11-12-24(21)17(2)26/h3-12,21H,13-15H2,1-2H3/t21-/m0/s1. The molecule has 6 nitrogen and oxygen atoms in total. The molecule has 0 aliphatic carbocycles. The Bertz CT molecular complexity index is 950. The van der Waals surface area contributed by atoms with Gasteiger partial charge in [-0.3, -0.25) is 14.4 Å². The lowest BCUT2D eigenvalue weighted by Crippen LogP contribution is -2.32. The summed E-state index contributed by atoms with van der Waals surface area (Å²) in [5.41, 5.74) is 2.38. The second kappa shape index (κ2) is 9.19. The first-order valence-corrected chi connectivity index (χ1v) is 9.42. The molecule has 0 unspecified atom stereocenters. The number of carbonyl (C=O) groups excluding carboxylic acids is 3. The molecule has 6 heteroatoms. The highest BCUT2D eigenvalue weighted by molar-refractivity contribution is 5.96. The number of nitrogens with zero attached hydrogens (tertiary/aromatic N) is 1. The van der Waals surface area contributed by atoms with E-state index >= 15 is 0 Å². The Morgan fingerprint density at radius 1 is 0.966 bits per heavy atom. The molecule has 0 spiro atoms. The van der Waals surface area contributed by atoms with Crippen molar-refractivity contribution in [2.24, 2.45) is 0 Å². The van der Waals surface area contributed by atoms with Crippen LogP contribution in [0, 0.1) is 0 Å². The van der Waals surface area contributed by atoms with Gasteiger partial charge in [0, 0.05) is 13.1 Å². The Labute approximate surface area is 169 Å². The second-order valence-electron chi connectivity index (χ2n) is 6.71. The number of esters is 1. The first-order chi connectivity index (χ1) is 14.0. The van der Waals surface area contributed by atoms with Gasteiger partial charge in [-0.2, -0.15) is 0 Å². The molecule has 1 heterocycles. The smallest absolute Gasteiger partial charge is 0.308 e. The Hall–Kier alpha value is -3.41. The minimum atomic E-state index is -0.421. The van der Waals surface area contributed by atoms with Crippen LogP contribution in [0.15, 0.2) is 54.7 Å². The van der Waals surface area contributed by atoms with Gasteiger partial charge in [0.25, 0.3) is 0 Å². The van der Waals surface area contributed by atoms with Crippen molar-refractivity contribution < 1.29 is 23.9 Å². The summed E-state index contributed by atoms with van der Waals surface area (Å²) in [4.78, 5) is 37.5. The van der Waals surface area contributed by atoms with E-state index < -0.39 is 12.0 Å². The summed E-state index contributed by atoms with van der Waals surface area (Å²) in [6.07, 6.45) is 3.61. The summed E-state index contributed by atoms with van der Waals surface area (Å²) in [7, 11) is 0. The molecule has 2 aromatic carbocycles. The van der Waals surface area contributed by atoms with Crippen LogP contribution in [0.1, 0.15) is 47.8 Å². The fraction of sp³-hybridized carbons (Fsp3) is 0.261. The van der Waals surface area contributed by atoms with Crippen LogP contribution in [0.25, 0.3) is 6.08 Å². The zero-order chi connectivity index (χ0) is 20.8. The Balaban J connectivity index is 1.57. The van der Waals surface area contributed by atoms with Crippen LogP contribution in [0.5, 0.6) is 5.75 Å². The van der Waals surface area contributed by atoms with Crippen LogP contribution in [-0.4, -0.2) is 35.8 Å². The highest BCUT2D eigenvalue weighted by Crippen LogP contribution is 2.33. The average molecular weight is 393 g/mol. The fourth-order valence-electron chi connectivity index (χ4n) is 3.32. The van der Waals surface area contributed by atoms with E-state index in [4.69, 9.17) is 9.47 Å². The van der Waals surface area contributed by atoms with Gasteiger partial charge in [0.05, 0.1) is 18.0 Å². The highest BCUT2D eigenvalue weighted by atomic mass is 16.6. The molecule has 0 saturated heterocycles. The molecule has 0 radical (unpaired) electrons. The van der Waals surface area contributed by atoms with Gasteiger partial charge < -0.3 is 14.4 Å². The normalized spacial score (nSPS) is 14.8. The van der Waals surface area contributed by atoms with Crippen LogP contribution in [0.3, 0.4) is 0 Å². The number of hydrogen-bond acceptors (Lipinski definition) is 5. The van der Waals surface area contributed by atoms with Gasteiger partial charge in [-0.1, -0.05) is 36.4 Å². The van der Waals surface area contributed by atoms with Crippen LogP contribution in [0.4, 0.5) is 0 Å². The van der Waals surface area contributed by atoms with Crippen LogP contribution < -0.4 is 4.74 Å². The third-order valence-electron chi connectivity index (χ3n) is 4.70. The monoisotopic (exact) mass is 393 g/mol. The number of Topliss-reactive ketones (excluding diaryl/α,β-unsaturated/α-hetero) is 1. The predicted molar refractivity (Wildman–Crippen MR) is 108 cm³/mol. The minimum Gasteiger partial charge on any atom is -0.489 e. The minimum absolute atomic E-state index is 0.0466. The number of amides is 1. The molecule has 29 heavy (non-hydrogen) atoms. The summed E-state index contributed by atoms with van der Waals surface area (Å²) in [5.74, 6) is -0.191. The second-order valence-corrected chi connectivity index (χ2v) is 6.71. The van der Waals surface area contributed by atoms with Crippen molar-refractivity contribution in [3.63, 3.8) is 0 Å². The molecule has 0 saturated carbocycles. The maximum atomic E-state index is 12.4. The van der Waals surface area contributed by atoms with E-state index in [1.54, 1.807) is 35.4 Å². The highest BCUT2D eigenvalue weighted by Gasteiger charge is 2.28. The van der Waals surface area contributed by atoms with Crippen LogP contribution >= 0.6 is 0 Å². The molecule has 1 aliphatic rings. The van der Waals surface area contributed by atoms with Gasteiger partial charge >= 0.3 is 5.97 Å². The first kappa shape index (κ1) is 20.3. The summed E-state index contributed by atoms with van der Waals surface area (Å²) in [5, 5.41) is 0. The molecular formula is C23H23NO5. The van der Waals surface area contributed by atoms with E-state index in [2.05, 4.69) is 0 Å². The number of para-hydroxylation sites is 1. The van der Waals surface area contributed by atoms with Crippen molar-refractivity contribution in [3.05, 3.63) is 71.4 Å². The molecule has 0 aromatic heterocycles. The summed E-state index contributed by atoms with van der Waals surface area (Å²) in [6, 6.07) is 14.2. The predicted octanol–water partition coefficient (Wildman–Crippen LogP) is 3.78. The van der Waals surface area contributed by atoms with E-state index in [1.807, 2.05) is 30.3 Å². The number of ether oxygens (including phenoxy) is 2. The zero-order valence-electron chi connectivity index (χ0n) is 16.5. The van der Waals surface area contributed by atoms with Gasteiger partial charge in [-0.05, 0) is 36.3 Å². The topological polar surface area (TPSA) is 72.9 Å². The van der Waals surface area contributed by atoms with Crippen molar-refractivity contribution in [2.45, 2.75) is 26.3 Å². The largest absolute Gasteiger partial charge is 0.489 e. The van der Waals surface area contributed by atoms with Crippen molar-refractivity contribution in [1.82, 2.24) is 4.90 Å². The van der Waals surface area contributed by atoms with Gasteiger partial charge in [0.15, 0.2) is 5.78 Å². The Morgan fingerprint density at radius 2 is 1.69 bits per heavy atom. The van der Waals surface area contributed by atoms with Gasteiger partial charge in [0.1, 0.15) is 19.0 Å². The van der Waals surface area contributed by atoms with Crippen molar-refractivity contribution >= 4 is 23.7 Å². The van der Waals surface area contributed by atoms with Gasteiger partial charge in [-0.25, -0.2) is 0 Å². The molecule has 150 valence electrons. The summed E-state index contributed by atoms with van der Waals surface area (Å²) < 4.78 is 10.9. The van der Waals surface area contributed by atoms with E-state index in [0.29, 0.717) is 11.3 Å². The molecule has 1 aliphatic heterocycles. The SMILES string of the molecule is CC(=O)c1ccccc1OCCOC(=O)C[C@H]1c2ccccc2C=CN1C(C)=O. The lowest BCUT2D eigenvalue weighted by Gasteiger charge is -2.32. The van der Waals surface area contributed by atoms with E-state index in [9.17, 15) is 14.4 Å². The maximum Gasteiger partial charge on any atom is 0.308 e. The van der Waals surface area contributed by atoms with Crippen molar-refractivity contribution in [3.8, 4) is 5.75 Å². The third kappa shape index (κ3) is 4.90. The lowest BCUT2D eigenvalue weighted by atomic mass is 9.94. The number of hydrogen-bond donors (Lipinski definition) is 0. The van der Waals surface area contributed by atoms with Gasteiger partial charge in [0.2, 0.25) is 5.91 Å². The number of rotatable bonds is 7. The first-order valence-electron chi connectivity index (χ1n) is 9.42. The van der Waals surface area contributed by atoms with E-state index in [1.165, 1.54) is 13.8 Å². The number of fused-ring (bicyclic) bond motifs is 1. The van der Waals surface area contributed by atoms with Gasteiger partial charge in [-0.15, -0.1) is 0 Å². The molecule has 0 N–H and O–H groups in total. The molecule has 0 fully saturated rings. The molecule has 1 atom stereocenters. The summed E-state index contributed by atoms with van der Waals surface area (Å²) >= 11 is 0. The third-order valence-corrected chi connectivity index (χ3v) is 4.70. The van der Waals surface area contributed by atoms with E-state index in [0.717, 1.165) is 11.1 Å². The van der Waals surface area contributed by atoms with Crippen LogP contribution in [-0.2, 0) is 14.3 Å². The van der Waals surface area contributed by atoms with Crippen molar-refractivity contribution in [2.75, 3.05) is 13.2 Å². The molecule has 1 amide bonds. The number of carbonyl (C=O) groups is 3. The molecule has 2 aromatic rings. The van der Waals surface area contributed by atoms with Crippen LogP contribution in [0.2, 0.25) is 0 Å². The summed E-state index contributed by atoms with van der Waals surface area (Å²) in [6.45, 7) is 3.12. The number of ketones is 1. The molecule has 3 rings (SSSR count). The maximum absolute atomic E-state index is 12.4. The Kier molecular flexibility index (Phi) is 6.44. The Morgan fingerprint density at radius 3 is 2.45 bits per heavy atom. The van der Waals surface area contributed by atoms with E-state index in [-0.39, 0.29) is 31.3 Å². The number of benzene rings is 2. The molecule has 0 bridgehead atoms. The van der Waals surface area contributed by atoms with Crippen molar-refractivity contribution in [1.29, 1.82) is 0 Å². The lowest BCUT2D eigenvalue weighted by molar-refractivity contribution is -0.146. The average Bonchev–Trinajstić information content (AvgIpc) is 2.71.